The second-order valence-corrected chi connectivity index (χ2v) is 5.11. The zero-order valence-corrected chi connectivity index (χ0v) is 11.9. The van der Waals surface area contributed by atoms with Gasteiger partial charge in [-0.1, -0.05) is 0 Å². The van der Waals surface area contributed by atoms with Crippen molar-refractivity contribution in [2.75, 3.05) is 20.3 Å². The number of amides is 1. The number of hydrogen-bond donors (Lipinski definition) is 0. The fourth-order valence-corrected chi connectivity index (χ4v) is 2.25. The van der Waals surface area contributed by atoms with Gasteiger partial charge in [0.05, 0.1) is 12.2 Å². The van der Waals surface area contributed by atoms with Gasteiger partial charge < -0.3 is 9.64 Å². The first-order chi connectivity index (χ1) is 9.67. The summed E-state index contributed by atoms with van der Waals surface area (Å²) in [5.74, 6) is 0.500. The van der Waals surface area contributed by atoms with Crippen LogP contribution in [-0.4, -0.2) is 42.1 Å². The summed E-state index contributed by atoms with van der Waals surface area (Å²) < 4.78 is 5.09. The van der Waals surface area contributed by atoms with Gasteiger partial charge in [-0.3, -0.25) is 4.79 Å². The maximum atomic E-state index is 12.5. The molecule has 1 aliphatic rings. The predicted molar refractivity (Wildman–Crippen MR) is 74.1 cm³/mol. The summed E-state index contributed by atoms with van der Waals surface area (Å²) in [5.41, 5.74) is 0.841. The number of hydrogen-bond acceptors (Lipinski definition) is 4. The fourth-order valence-electron chi connectivity index (χ4n) is 2.25. The molecule has 5 nitrogen and oxygen atoms in total. The first-order valence-corrected chi connectivity index (χ1v) is 6.83. The van der Waals surface area contributed by atoms with E-state index in [0.717, 1.165) is 0 Å². The van der Waals surface area contributed by atoms with Crippen LogP contribution in [0.25, 0.3) is 0 Å². The van der Waals surface area contributed by atoms with E-state index in [0.29, 0.717) is 30.3 Å². The molecule has 1 amide bonds. The Morgan fingerprint density at radius 3 is 2.85 bits per heavy atom. The van der Waals surface area contributed by atoms with Crippen molar-refractivity contribution in [3.05, 3.63) is 29.6 Å². The van der Waals surface area contributed by atoms with Gasteiger partial charge in [-0.25, -0.2) is 4.98 Å². The molecular formula is C15H19N3O2. The molecular weight excluding hydrogens is 254 g/mol. The van der Waals surface area contributed by atoms with Gasteiger partial charge in [0, 0.05) is 25.9 Å². The van der Waals surface area contributed by atoms with Gasteiger partial charge in [0.1, 0.15) is 11.8 Å². The van der Waals surface area contributed by atoms with Crippen molar-refractivity contribution in [1.29, 1.82) is 5.26 Å². The molecule has 0 aromatic carbocycles. The molecule has 1 atom stereocenters. The lowest BCUT2D eigenvalue weighted by Gasteiger charge is -2.29. The van der Waals surface area contributed by atoms with Gasteiger partial charge in [-0.15, -0.1) is 0 Å². The van der Waals surface area contributed by atoms with Crippen molar-refractivity contribution in [2.24, 2.45) is 5.92 Å². The normalized spacial score (nSPS) is 15.4. The Kier molecular flexibility index (Phi) is 4.70. The zero-order chi connectivity index (χ0) is 14.5. The Hall–Kier alpha value is -1.93. The molecule has 106 valence electrons. The molecule has 1 unspecified atom stereocenters. The topological polar surface area (TPSA) is 66.2 Å². The van der Waals surface area contributed by atoms with E-state index in [1.165, 1.54) is 19.0 Å². The summed E-state index contributed by atoms with van der Waals surface area (Å²) in [4.78, 5) is 18.5. The number of methoxy groups -OCH3 is 1. The Labute approximate surface area is 119 Å². The van der Waals surface area contributed by atoms with Gasteiger partial charge in [0.15, 0.2) is 0 Å². The average molecular weight is 273 g/mol. The lowest BCUT2D eigenvalue weighted by atomic mass is 10.1. The Morgan fingerprint density at radius 1 is 1.60 bits per heavy atom. The number of carbonyl (C=O) groups is 1. The van der Waals surface area contributed by atoms with E-state index >= 15 is 0 Å². The summed E-state index contributed by atoms with van der Waals surface area (Å²) in [7, 11) is 1.63. The average Bonchev–Trinajstić information content (AvgIpc) is 3.32. The third-order valence-electron chi connectivity index (χ3n) is 3.70. The van der Waals surface area contributed by atoms with Crippen LogP contribution in [0.1, 0.15) is 35.8 Å². The quantitative estimate of drug-likeness (QED) is 0.793. The number of nitriles is 1. The van der Waals surface area contributed by atoms with Crippen molar-refractivity contribution < 1.29 is 9.53 Å². The number of aromatic nitrogens is 1. The van der Waals surface area contributed by atoms with E-state index < -0.39 is 0 Å². The predicted octanol–water partition coefficient (Wildman–Crippen LogP) is 1.84. The van der Waals surface area contributed by atoms with E-state index in [-0.39, 0.29) is 11.9 Å². The van der Waals surface area contributed by atoms with Crippen molar-refractivity contribution in [1.82, 2.24) is 9.88 Å². The van der Waals surface area contributed by atoms with E-state index in [4.69, 9.17) is 10.00 Å². The second-order valence-electron chi connectivity index (χ2n) is 5.11. The molecule has 0 saturated heterocycles. The maximum absolute atomic E-state index is 12.5. The molecule has 0 N–H and O–H groups in total. The van der Waals surface area contributed by atoms with E-state index in [1.54, 1.807) is 19.2 Å². The molecule has 1 saturated carbocycles. The van der Waals surface area contributed by atoms with Crippen molar-refractivity contribution in [3.63, 3.8) is 0 Å². The zero-order valence-electron chi connectivity index (χ0n) is 11.9. The highest BCUT2D eigenvalue weighted by Gasteiger charge is 2.34. The molecule has 2 rings (SSSR count). The molecule has 1 aromatic heterocycles. The van der Waals surface area contributed by atoms with Gasteiger partial charge in [0.2, 0.25) is 0 Å². The number of nitrogens with zero attached hydrogens (tertiary/aromatic N) is 3. The second kappa shape index (κ2) is 6.49. The lowest BCUT2D eigenvalue weighted by Crippen LogP contribution is -2.42. The van der Waals surface area contributed by atoms with Crippen LogP contribution in [0.5, 0.6) is 0 Å². The molecule has 1 aliphatic carbocycles. The molecule has 0 radical (unpaired) electrons. The minimum Gasteiger partial charge on any atom is -0.383 e. The molecule has 20 heavy (non-hydrogen) atoms. The molecule has 0 aliphatic heterocycles. The summed E-state index contributed by atoms with van der Waals surface area (Å²) in [6.45, 7) is 3.16. The summed E-state index contributed by atoms with van der Waals surface area (Å²) in [5, 5.41) is 8.76. The third-order valence-corrected chi connectivity index (χ3v) is 3.70. The number of pyridine rings is 1. The monoisotopic (exact) mass is 273 g/mol. The molecule has 1 heterocycles. The maximum Gasteiger partial charge on any atom is 0.272 e. The van der Waals surface area contributed by atoms with Crippen molar-refractivity contribution in [3.8, 4) is 6.07 Å². The summed E-state index contributed by atoms with van der Waals surface area (Å²) in [6.07, 6.45) is 3.79. The minimum absolute atomic E-state index is 0.0917. The van der Waals surface area contributed by atoms with Crippen LogP contribution in [-0.2, 0) is 4.74 Å². The Morgan fingerprint density at radius 2 is 2.35 bits per heavy atom. The lowest BCUT2D eigenvalue weighted by molar-refractivity contribution is 0.0589. The highest BCUT2D eigenvalue weighted by molar-refractivity contribution is 5.92. The number of ether oxygens (including phenoxy) is 1. The van der Waals surface area contributed by atoms with E-state index in [9.17, 15) is 4.79 Å². The molecule has 5 heteroatoms. The van der Waals surface area contributed by atoms with Crippen molar-refractivity contribution >= 4 is 5.91 Å². The molecule has 0 spiro atoms. The van der Waals surface area contributed by atoms with Crippen LogP contribution >= 0.6 is 0 Å². The summed E-state index contributed by atoms with van der Waals surface area (Å²) in [6, 6.07) is 5.44. The molecule has 0 bridgehead atoms. The SMILES string of the molecule is COCCN(C(=O)c1ccc(C#N)cn1)C(C)C1CC1. The highest BCUT2D eigenvalue weighted by atomic mass is 16.5. The standard InChI is InChI=1S/C15H19N3O2/c1-11(13-4-5-13)18(7-8-20-2)15(19)14-6-3-12(9-16)10-17-14/h3,6,10-11,13H,4-5,7-8H2,1-2H3. The molecule has 1 fully saturated rings. The number of carbonyl (C=O) groups excluding carboxylic acids is 1. The summed E-state index contributed by atoms with van der Waals surface area (Å²) >= 11 is 0. The van der Waals surface area contributed by atoms with E-state index in [1.807, 2.05) is 11.0 Å². The fraction of sp³-hybridized carbons (Fsp3) is 0.533. The van der Waals surface area contributed by atoms with Crippen LogP contribution in [0.4, 0.5) is 0 Å². The Bertz CT molecular complexity index is 503. The van der Waals surface area contributed by atoms with Gasteiger partial charge in [-0.05, 0) is 37.8 Å². The first-order valence-electron chi connectivity index (χ1n) is 6.83. The van der Waals surface area contributed by atoms with Gasteiger partial charge >= 0.3 is 0 Å². The smallest absolute Gasteiger partial charge is 0.272 e. The minimum atomic E-state index is -0.0917. The third kappa shape index (κ3) is 3.34. The first kappa shape index (κ1) is 14.5. The largest absolute Gasteiger partial charge is 0.383 e. The van der Waals surface area contributed by atoms with Gasteiger partial charge in [0.25, 0.3) is 5.91 Å². The highest BCUT2D eigenvalue weighted by Crippen LogP contribution is 2.35. The van der Waals surface area contributed by atoms with Gasteiger partial charge in [-0.2, -0.15) is 5.26 Å². The number of rotatable bonds is 6. The van der Waals surface area contributed by atoms with Crippen molar-refractivity contribution in [2.45, 2.75) is 25.8 Å². The van der Waals surface area contributed by atoms with Crippen LogP contribution in [0, 0.1) is 17.2 Å². The molecule has 1 aromatic rings. The van der Waals surface area contributed by atoms with Crippen LogP contribution < -0.4 is 0 Å². The van der Waals surface area contributed by atoms with E-state index in [2.05, 4.69) is 11.9 Å². The van der Waals surface area contributed by atoms with Crippen LogP contribution in [0.15, 0.2) is 18.3 Å². The van der Waals surface area contributed by atoms with Crippen LogP contribution in [0.3, 0.4) is 0 Å². The van der Waals surface area contributed by atoms with Crippen LogP contribution in [0.2, 0.25) is 0 Å². The Balaban J connectivity index is 2.13.